The highest BCUT2D eigenvalue weighted by molar-refractivity contribution is 5.74. The van der Waals surface area contributed by atoms with Crippen LogP contribution in [0.3, 0.4) is 0 Å². The van der Waals surface area contributed by atoms with Crippen molar-refractivity contribution in [1.82, 2.24) is 10.2 Å². The number of likely N-dealkylation sites (tertiary alicyclic amines) is 1. The Hall–Kier alpha value is -1.75. The van der Waals surface area contributed by atoms with Crippen LogP contribution < -0.4 is 10.1 Å². The second kappa shape index (κ2) is 8.03. The van der Waals surface area contributed by atoms with Crippen LogP contribution in [0.1, 0.15) is 30.9 Å². The highest BCUT2D eigenvalue weighted by atomic mass is 16.5. The predicted octanol–water partition coefficient (Wildman–Crippen LogP) is 2.31. The molecule has 1 saturated heterocycles. The van der Waals surface area contributed by atoms with E-state index >= 15 is 0 Å². The smallest absolute Gasteiger partial charge is 0.317 e. The molecule has 1 aliphatic heterocycles. The summed E-state index contributed by atoms with van der Waals surface area (Å²) < 4.78 is 5.52. The maximum atomic E-state index is 12.2. The fraction of sp³-hybridized carbons (Fsp3) is 0.588. The van der Waals surface area contributed by atoms with Crippen molar-refractivity contribution < 1.29 is 14.6 Å². The summed E-state index contributed by atoms with van der Waals surface area (Å²) in [6.07, 6.45) is 1.96. The Labute approximate surface area is 132 Å². The zero-order valence-corrected chi connectivity index (χ0v) is 13.5. The van der Waals surface area contributed by atoms with Crippen molar-refractivity contribution in [1.29, 1.82) is 0 Å². The Morgan fingerprint density at radius 2 is 2.32 bits per heavy atom. The van der Waals surface area contributed by atoms with Gasteiger partial charge in [-0.3, -0.25) is 0 Å². The Morgan fingerprint density at radius 3 is 3.00 bits per heavy atom. The SMILES string of the molecule is CCOc1ccc(CNC(=O)N2CCCC(CO)C2)cc1C. The number of aliphatic hydroxyl groups is 1. The molecule has 1 unspecified atom stereocenters. The van der Waals surface area contributed by atoms with Gasteiger partial charge in [0, 0.05) is 26.2 Å². The standard InChI is InChI=1S/C17H26N2O3/c1-3-22-16-7-6-14(9-13(16)2)10-18-17(21)19-8-4-5-15(11-19)12-20/h6-7,9,15,20H,3-5,8,10-12H2,1-2H3,(H,18,21). The molecular formula is C17H26N2O3. The van der Waals surface area contributed by atoms with E-state index in [1.54, 1.807) is 4.90 Å². The van der Waals surface area contributed by atoms with E-state index < -0.39 is 0 Å². The van der Waals surface area contributed by atoms with E-state index in [0.29, 0.717) is 19.7 Å². The highest BCUT2D eigenvalue weighted by Gasteiger charge is 2.22. The van der Waals surface area contributed by atoms with Gasteiger partial charge in [-0.25, -0.2) is 4.79 Å². The summed E-state index contributed by atoms with van der Waals surface area (Å²) in [6, 6.07) is 5.91. The number of aliphatic hydroxyl groups excluding tert-OH is 1. The lowest BCUT2D eigenvalue weighted by atomic mass is 9.99. The molecule has 0 spiro atoms. The summed E-state index contributed by atoms with van der Waals surface area (Å²) in [4.78, 5) is 14.0. The topological polar surface area (TPSA) is 61.8 Å². The Bertz CT molecular complexity index is 505. The maximum absolute atomic E-state index is 12.2. The van der Waals surface area contributed by atoms with Crippen LogP contribution in [0.15, 0.2) is 18.2 Å². The van der Waals surface area contributed by atoms with Crippen LogP contribution in [-0.4, -0.2) is 42.3 Å². The van der Waals surface area contributed by atoms with E-state index in [2.05, 4.69) is 5.32 Å². The summed E-state index contributed by atoms with van der Waals surface area (Å²) in [7, 11) is 0. The molecule has 0 aliphatic carbocycles. The van der Waals surface area contributed by atoms with E-state index in [4.69, 9.17) is 4.74 Å². The van der Waals surface area contributed by atoms with Crippen molar-refractivity contribution in [3.05, 3.63) is 29.3 Å². The number of nitrogens with one attached hydrogen (secondary N) is 1. The van der Waals surface area contributed by atoms with Gasteiger partial charge < -0.3 is 20.1 Å². The minimum absolute atomic E-state index is 0.0512. The zero-order valence-electron chi connectivity index (χ0n) is 13.5. The fourth-order valence-electron chi connectivity index (χ4n) is 2.83. The number of hydrogen-bond acceptors (Lipinski definition) is 3. The molecule has 5 nitrogen and oxygen atoms in total. The van der Waals surface area contributed by atoms with Crippen molar-refractivity contribution >= 4 is 6.03 Å². The number of ether oxygens (including phenoxy) is 1. The molecule has 1 fully saturated rings. The number of aryl methyl sites for hydroxylation is 1. The van der Waals surface area contributed by atoms with Crippen LogP contribution in [0.4, 0.5) is 4.79 Å². The van der Waals surface area contributed by atoms with Crippen LogP contribution in [0.5, 0.6) is 5.75 Å². The van der Waals surface area contributed by atoms with E-state index in [1.807, 2.05) is 32.0 Å². The van der Waals surface area contributed by atoms with E-state index in [9.17, 15) is 9.90 Å². The quantitative estimate of drug-likeness (QED) is 0.877. The van der Waals surface area contributed by atoms with Crippen LogP contribution in [0, 0.1) is 12.8 Å². The van der Waals surface area contributed by atoms with Crippen LogP contribution in [0.25, 0.3) is 0 Å². The second-order valence-corrected chi connectivity index (χ2v) is 5.83. The molecule has 2 rings (SSSR count). The summed E-state index contributed by atoms with van der Waals surface area (Å²) >= 11 is 0. The average molecular weight is 306 g/mol. The third kappa shape index (κ3) is 4.37. The molecule has 1 aromatic carbocycles. The number of hydrogen-bond donors (Lipinski definition) is 2. The van der Waals surface area contributed by atoms with Crippen LogP contribution in [-0.2, 0) is 6.54 Å². The number of nitrogens with zero attached hydrogens (tertiary/aromatic N) is 1. The third-order valence-electron chi connectivity index (χ3n) is 4.05. The molecule has 0 aromatic heterocycles. The van der Waals surface area contributed by atoms with Gasteiger partial charge in [0.25, 0.3) is 0 Å². The van der Waals surface area contributed by atoms with Gasteiger partial charge in [0.2, 0.25) is 0 Å². The van der Waals surface area contributed by atoms with Crippen molar-refractivity contribution in [2.75, 3.05) is 26.3 Å². The number of urea groups is 1. The first-order valence-electron chi connectivity index (χ1n) is 8.00. The third-order valence-corrected chi connectivity index (χ3v) is 4.05. The largest absolute Gasteiger partial charge is 0.494 e. The van der Waals surface area contributed by atoms with Crippen molar-refractivity contribution in [3.8, 4) is 5.75 Å². The van der Waals surface area contributed by atoms with E-state index in [-0.39, 0.29) is 18.6 Å². The highest BCUT2D eigenvalue weighted by Crippen LogP contribution is 2.19. The molecule has 1 aromatic rings. The minimum Gasteiger partial charge on any atom is -0.494 e. The lowest BCUT2D eigenvalue weighted by Crippen LogP contribution is -2.45. The molecule has 1 heterocycles. The number of amides is 2. The van der Waals surface area contributed by atoms with Crippen molar-refractivity contribution in [3.63, 3.8) is 0 Å². The molecule has 0 saturated carbocycles. The van der Waals surface area contributed by atoms with Crippen LogP contribution in [0.2, 0.25) is 0 Å². The molecule has 0 radical (unpaired) electrons. The molecule has 1 aliphatic rings. The van der Waals surface area contributed by atoms with Gasteiger partial charge in [0.05, 0.1) is 6.61 Å². The lowest BCUT2D eigenvalue weighted by molar-refractivity contribution is 0.129. The van der Waals surface area contributed by atoms with Gasteiger partial charge >= 0.3 is 6.03 Å². The Balaban J connectivity index is 1.87. The normalized spacial score (nSPS) is 18.1. The summed E-state index contributed by atoms with van der Waals surface area (Å²) in [5.41, 5.74) is 2.14. The first-order valence-corrected chi connectivity index (χ1v) is 8.00. The number of carbonyl (C=O) groups excluding carboxylic acids is 1. The molecule has 0 bridgehead atoms. The van der Waals surface area contributed by atoms with Gasteiger partial charge in [-0.15, -0.1) is 0 Å². The van der Waals surface area contributed by atoms with Gasteiger partial charge in [-0.2, -0.15) is 0 Å². The van der Waals surface area contributed by atoms with E-state index in [1.165, 1.54) is 0 Å². The monoisotopic (exact) mass is 306 g/mol. The van der Waals surface area contributed by atoms with Crippen molar-refractivity contribution in [2.45, 2.75) is 33.2 Å². The molecule has 122 valence electrons. The first kappa shape index (κ1) is 16.6. The number of rotatable bonds is 5. The Kier molecular flexibility index (Phi) is 6.07. The Morgan fingerprint density at radius 1 is 1.50 bits per heavy atom. The zero-order chi connectivity index (χ0) is 15.9. The molecule has 2 amide bonds. The van der Waals surface area contributed by atoms with Gasteiger partial charge in [0.1, 0.15) is 5.75 Å². The van der Waals surface area contributed by atoms with Crippen molar-refractivity contribution in [2.24, 2.45) is 5.92 Å². The van der Waals surface area contributed by atoms with Gasteiger partial charge in [0.15, 0.2) is 0 Å². The van der Waals surface area contributed by atoms with E-state index in [0.717, 1.165) is 36.3 Å². The van der Waals surface area contributed by atoms with Gasteiger partial charge in [-0.1, -0.05) is 12.1 Å². The minimum atomic E-state index is -0.0512. The lowest BCUT2D eigenvalue weighted by Gasteiger charge is -2.31. The molecule has 22 heavy (non-hydrogen) atoms. The molecule has 2 N–H and O–H groups in total. The summed E-state index contributed by atoms with van der Waals surface area (Å²) in [5, 5.41) is 12.2. The molecule has 5 heteroatoms. The maximum Gasteiger partial charge on any atom is 0.317 e. The average Bonchev–Trinajstić information content (AvgIpc) is 2.55. The number of piperidine rings is 1. The second-order valence-electron chi connectivity index (χ2n) is 5.83. The first-order chi connectivity index (χ1) is 10.6. The predicted molar refractivity (Wildman–Crippen MR) is 86.0 cm³/mol. The van der Waals surface area contributed by atoms with Crippen LogP contribution >= 0.6 is 0 Å². The summed E-state index contributed by atoms with van der Waals surface area (Å²) in [6.45, 7) is 6.69. The number of benzene rings is 1. The van der Waals surface area contributed by atoms with Gasteiger partial charge in [-0.05, 0) is 49.8 Å². The fourth-order valence-corrected chi connectivity index (χ4v) is 2.83. The number of carbonyl (C=O) groups is 1. The molecule has 1 atom stereocenters. The molecular weight excluding hydrogens is 280 g/mol. The summed E-state index contributed by atoms with van der Waals surface area (Å²) in [5.74, 6) is 1.10.